The van der Waals surface area contributed by atoms with E-state index in [0.717, 1.165) is 12.8 Å². The van der Waals surface area contributed by atoms with Gasteiger partial charge in [-0.2, -0.15) is 0 Å². The minimum absolute atomic E-state index is 0.0382. The molecule has 1 amide bonds. The first-order valence-electron chi connectivity index (χ1n) is 6.36. The van der Waals surface area contributed by atoms with Crippen LogP contribution < -0.4 is 11.1 Å². The first-order valence-corrected chi connectivity index (χ1v) is 6.36. The predicted octanol–water partition coefficient (Wildman–Crippen LogP) is 1.91. The van der Waals surface area contributed by atoms with Gasteiger partial charge in [-0.1, -0.05) is 27.7 Å². The second kappa shape index (κ2) is 5.17. The van der Waals surface area contributed by atoms with Crippen LogP contribution in [0.5, 0.6) is 0 Å². The van der Waals surface area contributed by atoms with Crippen LogP contribution in [-0.4, -0.2) is 18.5 Å². The van der Waals surface area contributed by atoms with Crippen molar-refractivity contribution in [1.82, 2.24) is 5.32 Å². The Morgan fingerprint density at radius 3 is 2.50 bits per heavy atom. The average Bonchev–Trinajstić information content (AvgIpc) is 2.45. The van der Waals surface area contributed by atoms with E-state index in [0.29, 0.717) is 23.9 Å². The molecule has 1 aliphatic rings. The Morgan fingerprint density at radius 1 is 1.50 bits per heavy atom. The van der Waals surface area contributed by atoms with Gasteiger partial charge < -0.3 is 11.1 Å². The van der Waals surface area contributed by atoms with E-state index in [2.05, 4.69) is 33.0 Å². The van der Waals surface area contributed by atoms with E-state index in [9.17, 15) is 4.79 Å². The van der Waals surface area contributed by atoms with Gasteiger partial charge in [0, 0.05) is 12.6 Å². The zero-order valence-corrected chi connectivity index (χ0v) is 11.0. The second-order valence-electron chi connectivity index (χ2n) is 6.20. The van der Waals surface area contributed by atoms with E-state index in [1.807, 2.05) is 0 Å². The van der Waals surface area contributed by atoms with E-state index in [1.54, 1.807) is 0 Å². The van der Waals surface area contributed by atoms with Crippen LogP contribution in [0.15, 0.2) is 0 Å². The number of nitrogens with two attached hydrogens (primary N) is 1. The van der Waals surface area contributed by atoms with Gasteiger partial charge >= 0.3 is 0 Å². The van der Waals surface area contributed by atoms with Crippen LogP contribution in [0, 0.1) is 17.3 Å². The van der Waals surface area contributed by atoms with Crippen LogP contribution >= 0.6 is 0 Å². The Hall–Kier alpha value is -0.570. The summed E-state index contributed by atoms with van der Waals surface area (Å²) < 4.78 is 0. The molecule has 2 atom stereocenters. The van der Waals surface area contributed by atoms with Gasteiger partial charge in [0.25, 0.3) is 0 Å². The summed E-state index contributed by atoms with van der Waals surface area (Å²) in [6.07, 6.45) is 3.40. The monoisotopic (exact) mass is 226 g/mol. The summed E-state index contributed by atoms with van der Waals surface area (Å²) in [6, 6.07) is 0.357. The van der Waals surface area contributed by atoms with Crippen molar-refractivity contribution in [3.05, 3.63) is 0 Å². The van der Waals surface area contributed by atoms with Crippen LogP contribution in [-0.2, 0) is 4.79 Å². The smallest absolute Gasteiger partial charge is 0.224 e. The molecule has 1 rings (SSSR count). The van der Waals surface area contributed by atoms with E-state index < -0.39 is 0 Å². The molecule has 0 heterocycles. The zero-order chi connectivity index (χ0) is 12.3. The molecular weight excluding hydrogens is 200 g/mol. The third-order valence-corrected chi connectivity index (χ3v) is 3.71. The summed E-state index contributed by atoms with van der Waals surface area (Å²) in [6.45, 7) is 9.08. The Labute approximate surface area is 99.2 Å². The van der Waals surface area contributed by atoms with Gasteiger partial charge in [-0.15, -0.1) is 0 Å². The van der Waals surface area contributed by atoms with Crippen LogP contribution in [0.1, 0.15) is 47.0 Å². The molecule has 0 radical (unpaired) electrons. The van der Waals surface area contributed by atoms with Gasteiger partial charge in [-0.3, -0.25) is 4.79 Å². The Bertz CT molecular complexity index is 248. The number of carbonyl (C=O) groups excluding carboxylic acids is 1. The number of nitrogens with one attached hydrogen (secondary N) is 1. The fraction of sp³-hybridized carbons (Fsp3) is 0.923. The SMILES string of the molecule is CC(C)C(CN)C(=O)NC1CCC(C)(C)C1. The van der Waals surface area contributed by atoms with Crippen molar-refractivity contribution < 1.29 is 4.79 Å². The van der Waals surface area contributed by atoms with Crippen molar-refractivity contribution in [2.24, 2.45) is 23.0 Å². The first-order chi connectivity index (χ1) is 7.35. The van der Waals surface area contributed by atoms with Crippen LogP contribution in [0.25, 0.3) is 0 Å². The Kier molecular flexibility index (Phi) is 4.36. The van der Waals surface area contributed by atoms with Gasteiger partial charge in [0.15, 0.2) is 0 Å². The third-order valence-electron chi connectivity index (χ3n) is 3.71. The Morgan fingerprint density at radius 2 is 2.12 bits per heavy atom. The lowest BCUT2D eigenvalue weighted by atomic mass is 9.91. The van der Waals surface area contributed by atoms with E-state index in [1.165, 1.54) is 6.42 Å². The quantitative estimate of drug-likeness (QED) is 0.769. The minimum Gasteiger partial charge on any atom is -0.353 e. The Balaban J connectivity index is 2.46. The molecule has 0 bridgehead atoms. The highest BCUT2D eigenvalue weighted by molar-refractivity contribution is 5.79. The van der Waals surface area contributed by atoms with Crippen molar-refractivity contribution in [2.75, 3.05) is 6.54 Å². The minimum atomic E-state index is -0.0382. The molecule has 1 saturated carbocycles. The fourth-order valence-electron chi connectivity index (χ4n) is 2.55. The fourth-order valence-corrected chi connectivity index (χ4v) is 2.55. The molecule has 16 heavy (non-hydrogen) atoms. The molecule has 0 aliphatic heterocycles. The van der Waals surface area contributed by atoms with E-state index in [-0.39, 0.29) is 11.8 Å². The van der Waals surface area contributed by atoms with Crippen molar-refractivity contribution >= 4 is 5.91 Å². The second-order valence-corrected chi connectivity index (χ2v) is 6.20. The average molecular weight is 226 g/mol. The molecule has 3 nitrogen and oxygen atoms in total. The third kappa shape index (κ3) is 3.48. The number of hydrogen-bond donors (Lipinski definition) is 2. The first kappa shape index (κ1) is 13.5. The molecule has 2 unspecified atom stereocenters. The maximum Gasteiger partial charge on any atom is 0.224 e. The van der Waals surface area contributed by atoms with Gasteiger partial charge in [-0.25, -0.2) is 0 Å². The lowest BCUT2D eigenvalue weighted by Gasteiger charge is -2.22. The van der Waals surface area contributed by atoms with Crippen molar-refractivity contribution in [2.45, 2.75) is 53.0 Å². The molecule has 3 N–H and O–H groups in total. The van der Waals surface area contributed by atoms with Gasteiger partial charge in [0.2, 0.25) is 5.91 Å². The molecule has 0 spiro atoms. The van der Waals surface area contributed by atoms with E-state index in [4.69, 9.17) is 5.73 Å². The molecule has 1 aliphatic carbocycles. The van der Waals surface area contributed by atoms with Gasteiger partial charge in [0.05, 0.1) is 5.92 Å². The topological polar surface area (TPSA) is 55.1 Å². The summed E-state index contributed by atoms with van der Waals surface area (Å²) in [5.41, 5.74) is 6.02. The summed E-state index contributed by atoms with van der Waals surface area (Å²) in [4.78, 5) is 12.0. The molecule has 94 valence electrons. The maximum absolute atomic E-state index is 12.0. The molecule has 3 heteroatoms. The highest BCUT2D eigenvalue weighted by Gasteiger charge is 2.33. The number of carbonyl (C=O) groups is 1. The van der Waals surface area contributed by atoms with Crippen LogP contribution in [0.3, 0.4) is 0 Å². The maximum atomic E-state index is 12.0. The largest absolute Gasteiger partial charge is 0.353 e. The summed E-state index contributed by atoms with van der Waals surface area (Å²) in [5.74, 6) is 0.420. The lowest BCUT2D eigenvalue weighted by molar-refractivity contribution is -0.126. The predicted molar refractivity (Wildman–Crippen MR) is 66.9 cm³/mol. The normalized spacial score (nSPS) is 25.8. The molecule has 0 aromatic heterocycles. The molecule has 0 saturated heterocycles. The highest BCUT2D eigenvalue weighted by atomic mass is 16.2. The summed E-state index contributed by atoms with van der Waals surface area (Å²) in [5, 5.41) is 3.15. The zero-order valence-electron chi connectivity index (χ0n) is 11.0. The number of amides is 1. The number of rotatable bonds is 4. The lowest BCUT2D eigenvalue weighted by Crippen LogP contribution is -2.42. The van der Waals surface area contributed by atoms with Crippen LogP contribution in [0.2, 0.25) is 0 Å². The standard InChI is InChI=1S/C13H26N2O/c1-9(2)11(8-14)12(16)15-10-5-6-13(3,4)7-10/h9-11H,5-8,14H2,1-4H3,(H,15,16). The summed E-state index contributed by atoms with van der Waals surface area (Å²) in [7, 11) is 0. The highest BCUT2D eigenvalue weighted by Crippen LogP contribution is 2.37. The van der Waals surface area contributed by atoms with Crippen molar-refractivity contribution in [3.63, 3.8) is 0 Å². The van der Waals surface area contributed by atoms with Crippen molar-refractivity contribution in [3.8, 4) is 0 Å². The molecule has 0 aromatic rings. The summed E-state index contributed by atoms with van der Waals surface area (Å²) >= 11 is 0. The number of hydrogen-bond acceptors (Lipinski definition) is 2. The van der Waals surface area contributed by atoms with Crippen LogP contribution in [0.4, 0.5) is 0 Å². The van der Waals surface area contributed by atoms with Crippen molar-refractivity contribution in [1.29, 1.82) is 0 Å². The molecule has 0 aromatic carbocycles. The van der Waals surface area contributed by atoms with E-state index >= 15 is 0 Å². The molecular formula is C13H26N2O. The van der Waals surface area contributed by atoms with Gasteiger partial charge in [0.1, 0.15) is 0 Å². The molecule has 1 fully saturated rings. The van der Waals surface area contributed by atoms with Gasteiger partial charge in [-0.05, 0) is 30.6 Å².